The summed E-state index contributed by atoms with van der Waals surface area (Å²) in [6, 6.07) is 7.57. The van der Waals surface area contributed by atoms with Crippen molar-refractivity contribution in [3.8, 4) is 5.75 Å². The van der Waals surface area contributed by atoms with E-state index in [1.54, 1.807) is 19.1 Å². The van der Waals surface area contributed by atoms with Gasteiger partial charge in [-0.1, -0.05) is 23.7 Å². The Morgan fingerprint density at radius 2 is 1.83 bits per heavy atom. The lowest BCUT2D eigenvalue weighted by Crippen LogP contribution is -2.22. The van der Waals surface area contributed by atoms with Crippen molar-refractivity contribution in [2.24, 2.45) is 0 Å². The summed E-state index contributed by atoms with van der Waals surface area (Å²) in [4.78, 5) is 11.7. The topological polar surface area (TPSA) is 95.5 Å². The number of nitrogens with one attached hydrogen (secondary N) is 2. The molecule has 2 aromatic rings. The number of aromatic hydroxyl groups is 1. The van der Waals surface area contributed by atoms with Gasteiger partial charge in [-0.25, -0.2) is 8.42 Å². The number of halogens is 1. The third-order valence-corrected chi connectivity index (χ3v) is 5.50. The van der Waals surface area contributed by atoms with E-state index >= 15 is 0 Å². The standard InChI is InChI=1S/C16H17ClN2O4S/c1-9-8-12(17)15(10(2)14(9)20)24(22,23)19-13-7-5-4-6-11(13)16(21)18-3/h4-8,19-20H,1-3H3,(H,18,21). The largest absolute Gasteiger partial charge is 0.507 e. The number of anilines is 1. The summed E-state index contributed by atoms with van der Waals surface area (Å²) in [6.45, 7) is 3.09. The monoisotopic (exact) mass is 368 g/mol. The Morgan fingerprint density at radius 1 is 1.21 bits per heavy atom. The number of benzene rings is 2. The fourth-order valence-corrected chi connectivity index (χ4v) is 4.33. The zero-order valence-corrected chi connectivity index (χ0v) is 14.9. The van der Waals surface area contributed by atoms with Gasteiger partial charge in [0.05, 0.1) is 16.3 Å². The minimum atomic E-state index is -4.10. The third-order valence-electron chi connectivity index (χ3n) is 3.54. The van der Waals surface area contributed by atoms with Crippen LogP contribution in [0.25, 0.3) is 0 Å². The highest BCUT2D eigenvalue weighted by Gasteiger charge is 2.25. The highest BCUT2D eigenvalue weighted by Crippen LogP contribution is 2.35. The minimum absolute atomic E-state index is 0.00674. The number of hydrogen-bond donors (Lipinski definition) is 3. The molecule has 0 spiro atoms. The predicted octanol–water partition coefficient (Wildman–Crippen LogP) is 2.82. The van der Waals surface area contributed by atoms with Crippen LogP contribution in [0.1, 0.15) is 21.5 Å². The zero-order chi connectivity index (χ0) is 18.1. The van der Waals surface area contributed by atoms with Crippen LogP contribution in [0.5, 0.6) is 5.75 Å². The molecule has 6 nitrogen and oxygen atoms in total. The van der Waals surface area contributed by atoms with E-state index in [2.05, 4.69) is 10.0 Å². The second kappa shape index (κ2) is 6.70. The van der Waals surface area contributed by atoms with Gasteiger partial charge in [-0.05, 0) is 37.6 Å². The lowest BCUT2D eigenvalue weighted by atomic mass is 10.1. The van der Waals surface area contributed by atoms with Gasteiger partial charge >= 0.3 is 0 Å². The Kier molecular flexibility index (Phi) is 5.05. The molecule has 0 heterocycles. The molecule has 128 valence electrons. The van der Waals surface area contributed by atoms with Crippen molar-refractivity contribution in [1.82, 2.24) is 5.32 Å². The molecular formula is C16H17ClN2O4S. The molecule has 1 amide bonds. The van der Waals surface area contributed by atoms with Gasteiger partial charge in [0.15, 0.2) is 0 Å². The lowest BCUT2D eigenvalue weighted by Gasteiger charge is -2.16. The van der Waals surface area contributed by atoms with Gasteiger partial charge in [0.25, 0.3) is 15.9 Å². The van der Waals surface area contributed by atoms with Crippen molar-refractivity contribution < 1.29 is 18.3 Å². The van der Waals surface area contributed by atoms with Gasteiger partial charge in [0, 0.05) is 12.6 Å². The lowest BCUT2D eigenvalue weighted by molar-refractivity contribution is 0.0964. The number of rotatable bonds is 4. The Labute approximate surface area is 145 Å². The number of aryl methyl sites for hydroxylation is 1. The first-order valence-electron chi connectivity index (χ1n) is 7.01. The van der Waals surface area contributed by atoms with Crippen LogP contribution in [0.15, 0.2) is 35.2 Å². The quantitative estimate of drug-likeness (QED) is 0.773. The molecule has 0 aromatic heterocycles. The van der Waals surface area contributed by atoms with Crippen LogP contribution in [-0.2, 0) is 10.0 Å². The molecule has 0 unspecified atom stereocenters. The molecule has 24 heavy (non-hydrogen) atoms. The molecule has 0 saturated carbocycles. The Bertz CT molecular complexity index is 911. The van der Waals surface area contributed by atoms with Crippen LogP contribution in [0.3, 0.4) is 0 Å². The van der Waals surface area contributed by atoms with E-state index in [-0.39, 0.29) is 32.5 Å². The molecule has 2 aromatic carbocycles. The van der Waals surface area contributed by atoms with E-state index in [1.165, 1.54) is 32.2 Å². The van der Waals surface area contributed by atoms with Crippen molar-refractivity contribution in [3.63, 3.8) is 0 Å². The van der Waals surface area contributed by atoms with E-state index in [0.29, 0.717) is 5.56 Å². The van der Waals surface area contributed by atoms with Gasteiger partial charge in [-0.2, -0.15) is 0 Å². The summed E-state index contributed by atoms with van der Waals surface area (Å²) in [5, 5.41) is 12.4. The predicted molar refractivity (Wildman–Crippen MR) is 93.2 cm³/mol. The number of phenols is 1. The molecule has 0 fully saturated rings. The van der Waals surface area contributed by atoms with Crippen LogP contribution in [0, 0.1) is 13.8 Å². The third kappa shape index (κ3) is 3.32. The maximum atomic E-state index is 12.7. The van der Waals surface area contributed by atoms with Crippen LogP contribution in [-0.4, -0.2) is 26.5 Å². The Hall–Kier alpha value is -2.25. The second-order valence-electron chi connectivity index (χ2n) is 5.21. The summed E-state index contributed by atoms with van der Waals surface area (Å²) >= 11 is 6.08. The molecule has 0 aliphatic heterocycles. The molecule has 0 aliphatic rings. The van der Waals surface area contributed by atoms with Crippen molar-refractivity contribution in [2.75, 3.05) is 11.8 Å². The number of hydrogen-bond acceptors (Lipinski definition) is 4. The molecule has 0 aliphatic carbocycles. The molecular weight excluding hydrogens is 352 g/mol. The van der Waals surface area contributed by atoms with Crippen LogP contribution >= 0.6 is 11.6 Å². The maximum Gasteiger partial charge on any atom is 0.263 e. The minimum Gasteiger partial charge on any atom is -0.507 e. The van der Waals surface area contributed by atoms with Crippen molar-refractivity contribution in [3.05, 3.63) is 52.0 Å². The average molecular weight is 369 g/mol. The molecule has 8 heteroatoms. The average Bonchev–Trinajstić information content (AvgIpc) is 2.51. The number of para-hydroxylation sites is 1. The number of carbonyl (C=O) groups is 1. The fourth-order valence-electron chi connectivity index (χ4n) is 2.34. The number of carbonyl (C=O) groups excluding carboxylic acids is 1. The summed E-state index contributed by atoms with van der Waals surface area (Å²) in [5.74, 6) is -0.567. The smallest absolute Gasteiger partial charge is 0.263 e. The van der Waals surface area contributed by atoms with Gasteiger partial charge in [-0.3, -0.25) is 9.52 Å². The van der Waals surface area contributed by atoms with E-state index < -0.39 is 15.9 Å². The number of amides is 1. The number of sulfonamides is 1. The fraction of sp³-hybridized carbons (Fsp3) is 0.188. The summed E-state index contributed by atoms with van der Waals surface area (Å²) in [7, 11) is -2.65. The van der Waals surface area contributed by atoms with Crippen LogP contribution < -0.4 is 10.0 Å². The summed E-state index contributed by atoms with van der Waals surface area (Å²) in [5.41, 5.74) is 0.910. The molecule has 0 atom stereocenters. The van der Waals surface area contributed by atoms with Crippen LogP contribution in [0.4, 0.5) is 5.69 Å². The van der Waals surface area contributed by atoms with Crippen molar-refractivity contribution in [1.29, 1.82) is 0 Å². The summed E-state index contributed by atoms with van der Waals surface area (Å²) < 4.78 is 27.8. The molecule has 2 rings (SSSR count). The highest BCUT2D eigenvalue weighted by molar-refractivity contribution is 7.93. The Balaban J connectivity index is 2.56. The van der Waals surface area contributed by atoms with Crippen molar-refractivity contribution >= 4 is 33.2 Å². The van der Waals surface area contributed by atoms with Gasteiger partial charge in [0.1, 0.15) is 10.6 Å². The van der Waals surface area contributed by atoms with Crippen LogP contribution in [0.2, 0.25) is 5.02 Å². The van der Waals surface area contributed by atoms with E-state index in [4.69, 9.17) is 11.6 Å². The first-order chi connectivity index (χ1) is 11.2. The number of phenolic OH excluding ortho intramolecular Hbond substituents is 1. The molecule has 0 bridgehead atoms. The van der Waals surface area contributed by atoms with Crippen molar-refractivity contribution in [2.45, 2.75) is 18.7 Å². The molecule has 0 saturated heterocycles. The molecule has 0 radical (unpaired) electrons. The normalized spacial score (nSPS) is 11.2. The first kappa shape index (κ1) is 18.1. The SMILES string of the molecule is CNC(=O)c1ccccc1NS(=O)(=O)c1c(Cl)cc(C)c(O)c1C. The Morgan fingerprint density at radius 3 is 2.46 bits per heavy atom. The molecule has 3 N–H and O–H groups in total. The van der Waals surface area contributed by atoms with Gasteiger partial charge in [-0.15, -0.1) is 0 Å². The van der Waals surface area contributed by atoms with E-state index in [9.17, 15) is 18.3 Å². The van der Waals surface area contributed by atoms with E-state index in [0.717, 1.165) is 0 Å². The highest BCUT2D eigenvalue weighted by atomic mass is 35.5. The van der Waals surface area contributed by atoms with Gasteiger partial charge in [0.2, 0.25) is 0 Å². The zero-order valence-electron chi connectivity index (χ0n) is 13.3. The van der Waals surface area contributed by atoms with Gasteiger partial charge < -0.3 is 10.4 Å². The first-order valence-corrected chi connectivity index (χ1v) is 8.87. The van der Waals surface area contributed by atoms with E-state index in [1.807, 2.05) is 0 Å². The maximum absolute atomic E-state index is 12.7. The second-order valence-corrected chi connectivity index (χ2v) is 7.23. The summed E-state index contributed by atoms with van der Waals surface area (Å²) in [6.07, 6.45) is 0.